The summed E-state index contributed by atoms with van der Waals surface area (Å²) in [6.07, 6.45) is 6.20. The van der Waals surface area contributed by atoms with Crippen molar-refractivity contribution in [2.24, 2.45) is 5.92 Å². The molecular weight excluding hydrogens is 395 g/mol. The number of hydrogen-bond acceptors (Lipinski definition) is 4. The summed E-state index contributed by atoms with van der Waals surface area (Å²) in [7, 11) is 0. The molecule has 0 atom stereocenters. The third kappa shape index (κ3) is 3.92. The van der Waals surface area contributed by atoms with E-state index in [-0.39, 0.29) is 34.0 Å². The van der Waals surface area contributed by atoms with Gasteiger partial charge >= 0.3 is 5.97 Å². The molecule has 2 aromatic rings. The minimum Gasteiger partial charge on any atom is -0.452 e. The van der Waals surface area contributed by atoms with Gasteiger partial charge in [0, 0.05) is 11.6 Å². The standard InChI is InChI=1S/C23H20ClFO4/c1-13-10-15(28-23(27)14-6-3-2-4-7-14)11-19-21(13)22(26)20(29-19)12-16-17(24)8-5-9-18(16)25/h5,8-12,14H,2-4,6-7H2,1H3/b20-12-. The van der Waals surface area contributed by atoms with Crippen molar-refractivity contribution in [1.29, 1.82) is 0 Å². The van der Waals surface area contributed by atoms with Crippen molar-refractivity contribution in [2.75, 3.05) is 0 Å². The Labute approximate surface area is 173 Å². The summed E-state index contributed by atoms with van der Waals surface area (Å²) >= 11 is 6.05. The molecule has 0 saturated heterocycles. The molecule has 0 aromatic heterocycles. The average Bonchev–Trinajstić information content (AvgIpc) is 3.01. The predicted molar refractivity (Wildman–Crippen MR) is 108 cm³/mol. The zero-order valence-electron chi connectivity index (χ0n) is 16.0. The number of carbonyl (C=O) groups is 2. The zero-order valence-corrected chi connectivity index (χ0v) is 16.7. The second-order valence-electron chi connectivity index (χ2n) is 7.44. The van der Waals surface area contributed by atoms with Crippen LogP contribution in [-0.4, -0.2) is 11.8 Å². The van der Waals surface area contributed by atoms with Gasteiger partial charge in [-0.15, -0.1) is 0 Å². The van der Waals surface area contributed by atoms with Gasteiger partial charge in [0.2, 0.25) is 5.78 Å². The molecule has 0 amide bonds. The van der Waals surface area contributed by atoms with Crippen molar-refractivity contribution >= 4 is 29.4 Å². The van der Waals surface area contributed by atoms with Gasteiger partial charge in [-0.2, -0.15) is 0 Å². The molecule has 4 nitrogen and oxygen atoms in total. The van der Waals surface area contributed by atoms with Crippen molar-refractivity contribution in [2.45, 2.75) is 39.0 Å². The van der Waals surface area contributed by atoms with Crippen LogP contribution in [0.5, 0.6) is 11.5 Å². The molecule has 2 aromatic carbocycles. The summed E-state index contributed by atoms with van der Waals surface area (Å²) in [5, 5.41) is 0.184. The minimum absolute atomic E-state index is 0.0224. The number of carbonyl (C=O) groups excluding carboxylic acids is 2. The molecule has 1 fully saturated rings. The number of benzene rings is 2. The van der Waals surface area contributed by atoms with Gasteiger partial charge < -0.3 is 9.47 Å². The Morgan fingerprint density at radius 1 is 1.24 bits per heavy atom. The van der Waals surface area contributed by atoms with E-state index in [0.717, 1.165) is 32.1 Å². The third-order valence-corrected chi connectivity index (χ3v) is 5.71. The molecule has 1 aliphatic carbocycles. The Balaban J connectivity index is 1.60. The topological polar surface area (TPSA) is 52.6 Å². The van der Waals surface area contributed by atoms with Crippen molar-refractivity contribution in [3.05, 3.63) is 63.6 Å². The Morgan fingerprint density at radius 3 is 2.72 bits per heavy atom. The highest BCUT2D eigenvalue weighted by Crippen LogP contribution is 2.38. The maximum atomic E-state index is 14.1. The van der Waals surface area contributed by atoms with Crippen LogP contribution in [-0.2, 0) is 4.79 Å². The van der Waals surface area contributed by atoms with E-state index in [2.05, 4.69) is 0 Å². The van der Waals surface area contributed by atoms with Crippen molar-refractivity contribution < 1.29 is 23.5 Å². The van der Waals surface area contributed by atoms with Crippen LogP contribution in [0.15, 0.2) is 36.1 Å². The highest BCUT2D eigenvalue weighted by atomic mass is 35.5. The van der Waals surface area contributed by atoms with Gasteiger partial charge in [-0.3, -0.25) is 9.59 Å². The normalized spacial score (nSPS) is 17.9. The lowest BCUT2D eigenvalue weighted by molar-refractivity contribution is -0.139. The molecule has 0 bridgehead atoms. The number of ether oxygens (including phenoxy) is 2. The van der Waals surface area contributed by atoms with Gasteiger partial charge in [0.15, 0.2) is 5.76 Å². The van der Waals surface area contributed by atoms with Crippen LogP contribution >= 0.6 is 11.6 Å². The number of hydrogen-bond donors (Lipinski definition) is 0. The van der Waals surface area contributed by atoms with Crippen LogP contribution < -0.4 is 9.47 Å². The number of allylic oxidation sites excluding steroid dienone is 1. The fourth-order valence-electron chi connectivity index (χ4n) is 3.85. The largest absolute Gasteiger partial charge is 0.452 e. The van der Waals surface area contributed by atoms with Gasteiger partial charge in [-0.1, -0.05) is 36.9 Å². The Hall–Kier alpha value is -2.66. The van der Waals surface area contributed by atoms with Crippen LogP contribution in [0.4, 0.5) is 4.39 Å². The molecule has 1 saturated carbocycles. The summed E-state index contributed by atoms with van der Waals surface area (Å²) in [6.45, 7) is 1.75. The number of halogens is 2. The van der Waals surface area contributed by atoms with Crippen molar-refractivity contribution in [1.82, 2.24) is 0 Å². The first-order valence-corrected chi connectivity index (χ1v) is 10.1. The zero-order chi connectivity index (χ0) is 20.5. The minimum atomic E-state index is -0.545. The maximum Gasteiger partial charge on any atom is 0.314 e. The van der Waals surface area contributed by atoms with E-state index >= 15 is 0 Å². The number of esters is 1. The van der Waals surface area contributed by atoms with Crippen LogP contribution in [0.3, 0.4) is 0 Å². The lowest BCUT2D eigenvalue weighted by Gasteiger charge is -2.20. The number of Topliss-reactive ketones (excluding diaryl/α,β-unsaturated/α-hetero) is 1. The Kier molecular flexibility index (Phi) is 5.41. The van der Waals surface area contributed by atoms with Crippen molar-refractivity contribution in [3.8, 4) is 11.5 Å². The number of ketones is 1. The molecular formula is C23H20ClFO4. The number of fused-ring (bicyclic) bond motifs is 1. The fraction of sp³-hybridized carbons (Fsp3) is 0.304. The molecule has 150 valence electrons. The first kappa shape index (κ1) is 19.6. The summed E-state index contributed by atoms with van der Waals surface area (Å²) in [5.41, 5.74) is 1.09. The quantitative estimate of drug-likeness (QED) is 0.357. The summed E-state index contributed by atoms with van der Waals surface area (Å²) in [5.74, 6) is -0.625. The van der Waals surface area contributed by atoms with E-state index in [1.807, 2.05) is 0 Å². The predicted octanol–water partition coefficient (Wildman–Crippen LogP) is 5.89. The van der Waals surface area contributed by atoms with Gasteiger partial charge in [0.25, 0.3) is 0 Å². The van der Waals surface area contributed by atoms with E-state index in [4.69, 9.17) is 21.1 Å². The maximum absolute atomic E-state index is 14.1. The van der Waals surface area contributed by atoms with E-state index in [0.29, 0.717) is 22.6 Å². The molecule has 1 heterocycles. The van der Waals surface area contributed by atoms with Gasteiger partial charge in [0.05, 0.1) is 16.5 Å². The Morgan fingerprint density at radius 2 is 2.00 bits per heavy atom. The lowest BCUT2D eigenvalue weighted by atomic mass is 9.89. The highest BCUT2D eigenvalue weighted by Gasteiger charge is 2.31. The van der Waals surface area contributed by atoms with Crippen LogP contribution in [0, 0.1) is 18.7 Å². The first-order chi connectivity index (χ1) is 13.9. The molecule has 6 heteroatoms. The van der Waals surface area contributed by atoms with Crippen LogP contribution in [0.1, 0.15) is 53.6 Å². The van der Waals surface area contributed by atoms with E-state index in [9.17, 15) is 14.0 Å². The summed E-state index contributed by atoms with van der Waals surface area (Å²) in [4.78, 5) is 25.2. The first-order valence-electron chi connectivity index (χ1n) is 9.68. The molecule has 0 spiro atoms. The molecule has 0 unspecified atom stereocenters. The summed E-state index contributed by atoms with van der Waals surface area (Å²) in [6, 6.07) is 7.48. The second-order valence-corrected chi connectivity index (χ2v) is 7.85. The average molecular weight is 415 g/mol. The second kappa shape index (κ2) is 7.99. The van der Waals surface area contributed by atoms with Gasteiger partial charge in [-0.25, -0.2) is 4.39 Å². The molecule has 0 radical (unpaired) electrons. The SMILES string of the molecule is Cc1cc(OC(=O)C2CCCCC2)cc2c1C(=O)/C(=C/c1c(F)cccc1Cl)O2. The van der Waals surface area contributed by atoms with E-state index in [1.54, 1.807) is 13.0 Å². The number of aryl methyl sites for hydroxylation is 1. The summed E-state index contributed by atoms with van der Waals surface area (Å²) < 4.78 is 25.3. The van der Waals surface area contributed by atoms with Crippen LogP contribution in [0.25, 0.3) is 6.08 Å². The van der Waals surface area contributed by atoms with Gasteiger partial charge in [0.1, 0.15) is 17.3 Å². The van der Waals surface area contributed by atoms with E-state index in [1.165, 1.54) is 30.3 Å². The fourth-order valence-corrected chi connectivity index (χ4v) is 4.07. The number of rotatable bonds is 3. The van der Waals surface area contributed by atoms with Gasteiger partial charge in [-0.05, 0) is 49.6 Å². The van der Waals surface area contributed by atoms with Crippen LogP contribution in [0.2, 0.25) is 5.02 Å². The molecule has 4 rings (SSSR count). The monoisotopic (exact) mass is 414 g/mol. The highest BCUT2D eigenvalue weighted by molar-refractivity contribution is 6.32. The molecule has 2 aliphatic rings. The Bertz CT molecular complexity index is 1000. The molecule has 0 N–H and O–H groups in total. The van der Waals surface area contributed by atoms with Crippen molar-refractivity contribution in [3.63, 3.8) is 0 Å². The molecule has 29 heavy (non-hydrogen) atoms. The van der Waals surface area contributed by atoms with E-state index < -0.39 is 5.82 Å². The lowest BCUT2D eigenvalue weighted by Crippen LogP contribution is -2.22. The third-order valence-electron chi connectivity index (χ3n) is 5.38. The smallest absolute Gasteiger partial charge is 0.314 e. The molecule has 1 aliphatic heterocycles.